The van der Waals surface area contributed by atoms with E-state index in [1.807, 2.05) is 0 Å². The summed E-state index contributed by atoms with van der Waals surface area (Å²) in [5.74, 6) is -0.348. The van der Waals surface area contributed by atoms with Crippen LogP contribution in [0.4, 0.5) is 5.13 Å². The van der Waals surface area contributed by atoms with Gasteiger partial charge in [-0.15, -0.1) is 10.2 Å². The van der Waals surface area contributed by atoms with Gasteiger partial charge in [-0.1, -0.05) is 11.3 Å². The molecule has 0 unspecified atom stereocenters. The van der Waals surface area contributed by atoms with E-state index in [9.17, 15) is 13.2 Å². The van der Waals surface area contributed by atoms with Crippen molar-refractivity contribution in [3.05, 3.63) is 0 Å². The third kappa shape index (κ3) is 5.88. The molecule has 1 amide bonds. The summed E-state index contributed by atoms with van der Waals surface area (Å²) in [6, 6.07) is 0. The average Bonchev–Trinajstić information content (AvgIpc) is 2.82. The lowest BCUT2D eigenvalue weighted by molar-refractivity contribution is -0.114. The van der Waals surface area contributed by atoms with Gasteiger partial charge >= 0.3 is 0 Å². The molecule has 0 fully saturated rings. The zero-order valence-electron chi connectivity index (χ0n) is 10.8. The molecule has 114 valence electrons. The van der Waals surface area contributed by atoms with E-state index in [2.05, 4.69) is 20.2 Å². The van der Waals surface area contributed by atoms with Crippen LogP contribution < -0.4 is 10.0 Å². The number of aliphatic hydroxyl groups excluding tert-OH is 1. The van der Waals surface area contributed by atoms with E-state index in [0.29, 0.717) is 13.0 Å². The van der Waals surface area contributed by atoms with E-state index in [0.717, 1.165) is 11.3 Å². The average molecular weight is 324 g/mol. The zero-order chi connectivity index (χ0) is 15.0. The number of nitrogens with zero attached hydrogens (tertiary/aromatic N) is 2. The van der Waals surface area contributed by atoms with Crippen molar-refractivity contribution in [1.29, 1.82) is 0 Å². The minimum Gasteiger partial charge on any atom is -0.394 e. The molecule has 3 N–H and O–H groups in total. The fourth-order valence-electron chi connectivity index (χ4n) is 1.13. The molecule has 0 saturated heterocycles. The van der Waals surface area contributed by atoms with Crippen LogP contribution in [-0.2, 0) is 19.6 Å². The first-order chi connectivity index (χ1) is 9.45. The van der Waals surface area contributed by atoms with Gasteiger partial charge in [-0.2, -0.15) is 0 Å². The molecular formula is C9H16N4O5S2. The summed E-state index contributed by atoms with van der Waals surface area (Å²) < 4.78 is 30.8. The highest BCUT2D eigenvalue weighted by molar-refractivity contribution is 7.91. The van der Waals surface area contributed by atoms with Crippen molar-refractivity contribution in [1.82, 2.24) is 14.9 Å². The van der Waals surface area contributed by atoms with Gasteiger partial charge in [0.2, 0.25) is 15.4 Å². The minimum atomic E-state index is -3.73. The van der Waals surface area contributed by atoms with Gasteiger partial charge in [0.15, 0.2) is 0 Å². The molecule has 0 aliphatic heterocycles. The highest BCUT2D eigenvalue weighted by Crippen LogP contribution is 2.19. The van der Waals surface area contributed by atoms with Crippen LogP contribution in [0.5, 0.6) is 0 Å². The normalized spacial score (nSPS) is 11.5. The number of amides is 1. The number of nitrogens with one attached hydrogen (secondary N) is 2. The van der Waals surface area contributed by atoms with Crippen molar-refractivity contribution in [2.24, 2.45) is 0 Å². The Balaban J connectivity index is 2.43. The van der Waals surface area contributed by atoms with Gasteiger partial charge in [-0.05, 0) is 6.42 Å². The maximum atomic E-state index is 11.8. The first-order valence-electron chi connectivity index (χ1n) is 5.75. The summed E-state index contributed by atoms with van der Waals surface area (Å²) in [4.78, 5) is 10.8. The van der Waals surface area contributed by atoms with Gasteiger partial charge in [0.25, 0.3) is 10.0 Å². The molecule has 1 aromatic heterocycles. The van der Waals surface area contributed by atoms with Crippen LogP contribution in [0.2, 0.25) is 0 Å². The Morgan fingerprint density at radius 1 is 1.40 bits per heavy atom. The lowest BCUT2D eigenvalue weighted by Gasteiger charge is -2.03. The van der Waals surface area contributed by atoms with Gasteiger partial charge in [0, 0.05) is 20.1 Å². The van der Waals surface area contributed by atoms with E-state index in [1.165, 1.54) is 6.92 Å². The van der Waals surface area contributed by atoms with Gasteiger partial charge in [0.1, 0.15) is 0 Å². The van der Waals surface area contributed by atoms with E-state index < -0.39 is 10.0 Å². The SMILES string of the molecule is CC(=O)Nc1nnc(S(=O)(=O)NCCCOCCO)s1. The van der Waals surface area contributed by atoms with Crippen LogP contribution in [0.15, 0.2) is 4.34 Å². The first-order valence-corrected chi connectivity index (χ1v) is 8.05. The Hall–Kier alpha value is -1.14. The Labute approximate surface area is 120 Å². The number of hydrogen-bond donors (Lipinski definition) is 3. The third-order valence-electron chi connectivity index (χ3n) is 1.91. The van der Waals surface area contributed by atoms with Crippen molar-refractivity contribution in [3.63, 3.8) is 0 Å². The molecule has 0 radical (unpaired) electrons. The molecule has 0 bridgehead atoms. The van der Waals surface area contributed by atoms with Crippen molar-refractivity contribution >= 4 is 32.4 Å². The van der Waals surface area contributed by atoms with Crippen LogP contribution in [0.25, 0.3) is 0 Å². The van der Waals surface area contributed by atoms with E-state index in [4.69, 9.17) is 9.84 Å². The first kappa shape index (κ1) is 16.9. The number of anilines is 1. The summed E-state index contributed by atoms with van der Waals surface area (Å²) in [5, 5.41) is 18.0. The largest absolute Gasteiger partial charge is 0.394 e. The highest BCUT2D eigenvalue weighted by atomic mass is 32.2. The van der Waals surface area contributed by atoms with Gasteiger partial charge in [-0.3, -0.25) is 4.79 Å². The van der Waals surface area contributed by atoms with E-state index >= 15 is 0 Å². The molecule has 0 aromatic carbocycles. The second-order valence-electron chi connectivity index (χ2n) is 3.64. The molecule has 1 aromatic rings. The Bertz CT molecular complexity index is 530. The molecule has 1 heterocycles. The summed E-state index contributed by atoms with van der Waals surface area (Å²) in [7, 11) is -3.73. The number of hydrogen-bond acceptors (Lipinski definition) is 8. The predicted octanol–water partition coefficient (Wildman–Crippen LogP) is -0.826. The number of aromatic nitrogens is 2. The van der Waals surface area contributed by atoms with E-state index in [1.54, 1.807) is 0 Å². The molecule has 0 atom stereocenters. The molecule has 0 saturated carbocycles. The van der Waals surface area contributed by atoms with Gasteiger partial charge in [0.05, 0.1) is 13.2 Å². The smallest absolute Gasteiger partial charge is 0.269 e. The Morgan fingerprint density at radius 3 is 2.80 bits per heavy atom. The molecule has 0 spiro atoms. The molecule has 11 heteroatoms. The topological polar surface area (TPSA) is 131 Å². The molecule has 1 rings (SSSR count). The molecule has 0 aliphatic rings. The fourth-order valence-corrected chi connectivity index (χ4v) is 3.19. The standard InChI is InChI=1S/C9H16N4O5S2/c1-7(15)11-8-12-13-9(19-8)20(16,17)10-3-2-5-18-6-4-14/h10,14H,2-6H2,1H3,(H,11,12,15). The van der Waals surface area contributed by atoms with Crippen LogP contribution in [0.1, 0.15) is 13.3 Å². The number of aliphatic hydroxyl groups is 1. The number of carbonyl (C=O) groups is 1. The highest BCUT2D eigenvalue weighted by Gasteiger charge is 2.19. The lowest BCUT2D eigenvalue weighted by Crippen LogP contribution is -2.25. The van der Waals surface area contributed by atoms with Crippen molar-refractivity contribution < 1.29 is 23.1 Å². The van der Waals surface area contributed by atoms with Gasteiger partial charge < -0.3 is 15.2 Å². The van der Waals surface area contributed by atoms with Crippen LogP contribution in [-0.4, -0.2) is 56.0 Å². The lowest BCUT2D eigenvalue weighted by atomic mass is 10.5. The molecular weight excluding hydrogens is 308 g/mol. The zero-order valence-corrected chi connectivity index (χ0v) is 12.5. The molecule has 9 nitrogen and oxygen atoms in total. The van der Waals surface area contributed by atoms with Crippen LogP contribution in [0, 0.1) is 0 Å². The maximum absolute atomic E-state index is 11.8. The summed E-state index contributed by atoms with van der Waals surface area (Å²) in [5.41, 5.74) is 0. The number of ether oxygens (including phenoxy) is 1. The third-order valence-corrected chi connectivity index (χ3v) is 4.58. The molecule has 20 heavy (non-hydrogen) atoms. The minimum absolute atomic E-state index is 0.0670. The van der Waals surface area contributed by atoms with Gasteiger partial charge in [-0.25, -0.2) is 13.1 Å². The monoisotopic (exact) mass is 324 g/mol. The summed E-state index contributed by atoms with van der Waals surface area (Å²) >= 11 is 0.771. The van der Waals surface area contributed by atoms with Crippen molar-refractivity contribution in [2.45, 2.75) is 17.7 Å². The van der Waals surface area contributed by atoms with Crippen LogP contribution >= 0.6 is 11.3 Å². The number of sulfonamides is 1. The van der Waals surface area contributed by atoms with E-state index in [-0.39, 0.29) is 35.1 Å². The number of carbonyl (C=O) groups excluding carboxylic acids is 1. The maximum Gasteiger partial charge on any atom is 0.269 e. The Morgan fingerprint density at radius 2 is 2.15 bits per heavy atom. The quantitative estimate of drug-likeness (QED) is 0.399. The Kier molecular flexibility index (Phi) is 6.95. The summed E-state index contributed by atoms with van der Waals surface area (Å²) in [6.07, 6.45) is 0.469. The second kappa shape index (κ2) is 8.21. The second-order valence-corrected chi connectivity index (χ2v) is 6.56. The molecule has 0 aliphatic carbocycles. The summed E-state index contributed by atoms with van der Waals surface area (Å²) in [6.45, 7) is 1.98. The predicted molar refractivity (Wildman–Crippen MR) is 71.9 cm³/mol. The van der Waals surface area contributed by atoms with Crippen molar-refractivity contribution in [2.75, 3.05) is 31.7 Å². The number of rotatable bonds is 9. The van der Waals surface area contributed by atoms with Crippen molar-refractivity contribution in [3.8, 4) is 0 Å². The fraction of sp³-hybridized carbons (Fsp3) is 0.667. The van der Waals surface area contributed by atoms with Crippen LogP contribution in [0.3, 0.4) is 0 Å².